The molecule has 3 aromatic rings. The highest BCUT2D eigenvalue weighted by atomic mass is 19.1. The number of hydrogen-bond donors (Lipinski definition) is 0. The number of pyridine rings is 1. The molecule has 0 saturated carbocycles. The third-order valence-electron chi connectivity index (χ3n) is 6.42. The monoisotopic (exact) mass is 488 g/mol. The number of aromatic nitrogens is 1. The molecule has 0 aliphatic carbocycles. The maximum atomic E-state index is 13.4. The van der Waals surface area contributed by atoms with Gasteiger partial charge in [-0.25, -0.2) is 9.18 Å². The predicted molar refractivity (Wildman–Crippen MR) is 137 cm³/mol. The second kappa shape index (κ2) is 9.26. The van der Waals surface area contributed by atoms with E-state index in [-0.39, 0.29) is 17.8 Å². The summed E-state index contributed by atoms with van der Waals surface area (Å²) in [4.78, 5) is 36.0. The molecule has 2 aliphatic heterocycles. The van der Waals surface area contributed by atoms with Crippen molar-refractivity contribution in [3.8, 4) is 11.3 Å². The van der Waals surface area contributed by atoms with E-state index in [4.69, 9.17) is 4.74 Å². The highest BCUT2D eigenvalue weighted by Crippen LogP contribution is 2.38. The lowest BCUT2D eigenvalue weighted by atomic mass is 10.0. The molecule has 1 aromatic heterocycles. The van der Waals surface area contributed by atoms with E-state index in [1.165, 1.54) is 12.1 Å². The van der Waals surface area contributed by atoms with Gasteiger partial charge in [0.05, 0.1) is 12.2 Å². The molecule has 186 valence electrons. The van der Waals surface area contributed by atoms with Crippen molar-refractivity contribution < 1.29 is 18.7 Å². The summed E-state index contributed by atoms with van der Waals surface area (Å²) in [5.74, 6) is -0.463. The highest BCUT2D eigenvalue weighted by Gasteiger charge is 2.33. The van der Waals surface area contributed by atoms with E-state index >= 15 is 0 Å². The molecule has 0 N–H and O–H groups in total. The zero-order chi connectivity index (χ0) is 25.4. The lowest BCUT2D eigenvalue weighted by Crippen LogP contribution is -2.50. The van der Waals surface area contributed by atoms with E-state index in [1.807, 2.05) is 45.0 Å². The lowest BCUT2D eigenvalue weighted by Gasteiger charge is -2.37. The molecule has 2 amide bonds. The number of benzene rings is 2. The standard InChI is InChI=1S/C28H29FN4O3/c1-28(2,3)36-27(35)32-16-14-31(15-17-32)24-7-5-4-6-22(24)25-23-18-33(20-10-8-19(29)9-11-20)26(34)21(23)12-13-30-25/h4-13H,14-18H2,1-3H3. The summed E-state index contributed by atoms with van der Waals surface area (Å²) < 4.78 is 19.0. The Hall–Kier alpha value is -3.94. The lowest BCUT2D eigenvalue weighted by molar-refractivity contribution is 0.0240. The first-order chi connectivity index (χ1) is 17.2. The van der Waals surface area contributed by atoms with Crippen molar-refractivity contribution in [2.24, 2.45) is 0 Å². The Balaban J connectivity index is 1.40. The van der Waals surface area contributed by atoms with Gasteiger partial charge in [-0.1, -0.05) is 18.2 Å². The molecular formula is C28H29FN4O3. The third-order valence-corrected chi connectivity index (χ3v) is 6.42. The molecule has 2 aliphatic rings. The Morgan fingerprint density at radius 3 is 2.33 bits per heavy atom. The molecule has 2 aromatic carbocycles. The molecule has 0 spiro atoms. The number of anilines is 2. The van der Waals surface area contributed by atoms with Gasteiger partial charge in [-0.2, -0.15) is 0 Å². The van der Waals surface area contributed by atoms with Gasteiger partial charge in [0.25, 0.3) is 5.91 Å². The van der Waals surface area contributed by atoms with E-state index in [2.05, 4.69) is 9.88 Å². The summed E-state index contributed by atoms with van der Waals surface area (Å²) in [6.07, 6.45) is 1.37. The van der Waals surface area contributed by atoms with Crippen LogP contribution in [0.3, 0.4) is 0 Å². The zero-order valence-corrected chi connectivity index (χ0v) is 20.7. The minimum absolute atomic E-state index is 0.122. The Bertz CT molecular complexity index is 1290. The number of fused-ring (bicyclic) bond motifs is 1. The van der Waals surface area contributed by atoms with E-state index in [0.29, 0.717) is 44.0 Å². The quantitative estimate of drug-likeness (QED) is 0.513. The molecule has 1 fully saturated rings. The molecular weight excluding hydrogens is 459 g/mol. The summed E-state index contributed by atoms with van der Waals surface area (Å²) in [7, 11) is 0. The fourth-order valence-electron chi connectivity index (χ4n) is 4.70. The molecule has 36 heavy (non-hydrogen) atoms. The Morgan fingerprint density at radius 2 is 1.64 bits per heavy atom. The largest absolute Gasteiger partial charge is 0.444 e. The van der Waals surface area contributed by atoms with Gasteiger partial charge in [-0.15, -0.1) is 0 Å². The minimum Gasteiger partial charge on any atom is -0.444 e. The molecule has 1 saturated heterocycles. The van der Waals surface area contributed by atoms with E-state index in [1.54, 1.807) is 34.2 Å². The smallest absolute Gasteiger partial charge is 0.410 e. The average molecular weight is 489 g/mol. The van der Waals surface area contributed by atoms with Crippen LogP contribution in [0.15, 0.2) is 60.8 Å². The predicted octanol–water partition coefficient (Wildman–Crippen LogP) is 5.11. The summed E-state index contributed by atoms with van der Waals surface area (Å²) >= 11 is 0. The van der Waals surface area contributed by atoms with Crippen LogP contribution in [0.5, 0.6) is 0 Å². The van der Waals surface area contributed by atoms with Gasteiger partial charge in [0.2, 0.25) is 0 Å². The van der Waals surface area contributed by atoms with Gasteiger partial charge >= 0.3 is 6.09 Å². The molecule has 0 atom stereocenters. The number of ether oxygens (including phenoxy) is 1. The molecule has 7 nitrogen and oxygen atoms in total. The SMILES string of the molecule is CC(C)(C)OC(=O)N1CCN(c2ccccc2-c2nccc3c2CN(c2ccc(F)cc2)C3=O)CC1. The maximum absolute atomic E-state index is 13.4. The normalized spacial score (nSPS) is 15.8. The first-order valence-corrected chi connectivity index (χ1v) is 12.1. The third kappa shape index (κ3) is 4.63. The van der Waals surface area contributed by atoms with Crippen LogP contribution in [0, 0.1) is 5.82 Å². The second-order valence-electron chi connectivity index (χ2n) is 10.0. The van der Waals surface area contributed by atoms with Crippen molar-refractivity contribution in [2.45, 2.75) is 32.9 Å². The molecule has 3 heterocycles. The Kier molecular flexibility index (Phi) is 6.12. The van der Waals surface area contributed by atoms with Gasteiger partial charge < -0.3 is 19.4 Å². The highest BCUT2D eigenvalue weighted by molar-refractivity contribution is 6.11. The molecule has 8 heteroatoms. The summed E-state index contributed by atoms with van der Waals surface area (Å²) in [5, 5.41) is 0. The van der Waals surface area contributed by atoms with Crippen LogP contribution in [-0.2, 0) is 11.3 Å². The number of amides is 2. The van der Waals surface area contributed by atoms with Crippen LogP contribution in [0.1, 0.15) is 36.7 Å². The number of halogens is 1. The van der Waals surface area contributed by atoms with Crippen LogP contribution >= 0.6 is 0 Å². The Labute approximate surface area is 210 Å². The molecule has 0 unspecified atom stereocenters. The topological polar surface area (TPSA) is 66.0 Å². The number of hydrogen-bond acceptors (Lipinski definition) is 5. The van der Waals surface area contributed by atoms with Crippen molar-refractivity contribution in [3.05, 3.63) is 77.7 Å². The van der Waals surface area contributed by atoms with Crippen molar-refractivity contribution >= 4 is 23.4 Å². The number of rotatable bonds is 3. The molecule has 0 radical (unpaired) electrons. The van der Waals surface area contributed by atoms with Crippen molar-refractivity contribution in [1.82, 2.24) is 9.88 Å². The number of carbonyl (C=O) groups excluding carboxylic acids is 2. The maximum Gasteiger partial charge on any atom is 0.410 e. The van der Waals surface area contributed by atoms with Gasteiger partial charge in [0.15, 0.2) is 0 Å². The van der Waals surface area contributed by atoms with E-state index in [0.717, 1.165) is 22.5 Å². The van der Waals surface area contributed by atoms with Crippen LogP contribution in [-0.4, -0.2) is 53.7 Å². The number of piperazine rings is 1. The first kappa shape index (κ1) is 23.8. The Morgan fingerprint density at radius 1 is 0.944 bits per heavy atom. The fourth-order valence-corrected chi connectivity index (χ4v) is 4.70. The van der Waals surface area contributed by atoms with Crippen molar-refractivity contribution in [3.63, 3.8) is 0 Å². The van der Waals surface area contributed by atoms with Crippen LogP contribution < -0.4 is 9.80 Å². The average Bonchev–Trinajstić information content (AvgIpc) is 3.20. The minimum atomic E-state index is -0.528. The second-order valence-corrected chi connectivity index (χ2v) is 10.0. The van der Waals surface area contributed by atoms with Gasteiger partial charge in [0, 0.05) is 60.4 Å². The van der Waals surface area contributed by atoms with Crippen LogP contribution in [0.2, 0.25) is 0 Å². The van der Waals surface area contributed by atoms with Crippen LogP contribution in [0.25, 0.3) is 11.3 Å². The van der Waals surface area contributed by atoms with Crippen molar-refractivity contribution in [2.75, 3.05) is 36.0 Å². The number of nitrogens with zero attached hydrogens (tertiary/aromatic N) is 4. The van der Waals surface area contributed by atoms with E-state index < -0.39 is 5.60 Å². The van der Waals surface area contributed by atoms with Gasteiger partial charge in [0.1, 0.15) is 11.4 Å². The fraction of sp³-hybridized carbons (Fsp3) is 0.321. The molecule has 0 bridgehead atoms. The van der Waals surface area contributed by atoms with Gasteiger partial charge in [-0.3, -0.25) is 9.78 Å². The van der Waals surface area contributed by atoms with Crippen molar-refractivity contribution in [1.29, 1.82) is 0 Å². The van der Waals surface area contributed by atoms with E-state index in [9.17, 15) is 14.0 Å². The number of para-hydroxylation sites is 1. The zero-order valence-electron chi connectivity index (χ0n) is 20.7. The molecule has 5 rings (SSSR count). The summed E-state index contributed by atoms with van der Waals surface area (Å²) in [6, 6.07) is 15.7. The van der Waals surface area contributed by atoms with Crippen LogP contribution in [0.4, 0.5) is 20.6 Å². The summed E-state index contributed by atoms with van der Waals surface area (Å²) in [5.41, 5.74) is 4.29. The van der Waals surface area contributed by atoms with Gasteiger partial charge in [-0.05, 0) is 57.2 Å². The first-order valence-electron chi connectivity index (χ1n) is 12.1. The number of carbonyl (C=O) groups is 2. The summed E-state index contributed by atoms with van der Waals surface area (Å²) in [6.45, 7) is 8.39.